The van der Waals surface area contributed by atoms with Crippen molar-refractivity contribution in [3.05, 3.63) is 0 Å². The lowest BCUT2D eigenvalue weighted by Gasteiger charge is -2.09. The summed E-state index contributed by atoms with van der Waals surface area (Å²) in [6, 6.07) is 0.408. The second kappa shape index (κ2) is 4.24. The van der Waals surface area contributed by atoms with Gasteiger partial charge in [-0.15, -0.1) is 0 Å². The predicted molar refractivity (Wildman–Crippen MR) is 48.3 cm³/mol. The molecular weight excluding hydrogens is 142 g/mol. The molecule has 0 aromatic heterocycles. The second-order valence-electron chi connectivity index (χ2n) is 3.28. The van der Waals surface area contributed by atoms with E-state index in [2.05, 4.69) is 18.7 Å². The predicted octanol–water partition coefficient (Wildman–Crippen LogP) is 1.87. The van der Waals surface area contributed by atoms with Crippen LogP contribution in [0.1, 0.15) is 26.2 Å². The normalized spacial score (nSPS) is 28.8. The van der Waals surface area contributed by atoms with E-state index in [-0.39, 0.29) is 0 Å². The maximum atomic E-state index is 5.66. The van der Waals surface area contributed by atoms with E-state index in [1.54, 1.807) is 0 Å². The molecule has 0 aromatic carbocycles. The van der Waals surface area contributed by atoms with Gasteiger partial charge in [0.1, 0.15) is 0 Å². The van der Waals surface area contributed by atoms with E-state index in [4.69, 9.17) is 5.73 Å². The van der Waals surface area contributed by atoms with Crippen LogP contribution in [-0.2, 0) is 0 Å². The van der Waals surface area contributed by atoms with Crippen molar-refractivity contribution >= 4 is 11.8 Å². The monoisotopic (exact) mass is 159 g/mol. The maximum absolute atomic E-state index is 5.66. The molecule has 2 unspecified atom stereocenters. The average molecular weight is 159 g/mol. The summed E-state index contributed by atoms with van der Waals surface area (Å²) in [6.07, 6.45) is 3.99. The summed E-state index contributed by atoms with van der Waals surface area (Å²) in [7, 11) is 0. The first kappa shape index (κ1) is 8.41. The Morgan fingerprint density at radius 3 is 3.00 bits per heavy atom. The zero-order valence-electron chi connectivity index (χ0n) is 6.68. The van der Waals surface area contributed by atoms with Crippen LogP contribution in [0.25, 0.3) is 0 Å². The third kappa shape index (κ3) is 2.93. The maximum Gasteiger partial charge on any atom is 0.00105 e. The van der Waals surface area contributed by atoms with Gasteiger partial charge < -0.3 is 5.73 Å². The molecule has 1 saturated heterocycles. The van der Waals surface area contributed by atoms with E-state index in [1.165, 1.54) is 30.8 Å². The first-order chi connectivity index (χ1) is 4.79. The molecule has 1 nitrogen and oxygen atoms in total. The lowest BCUT2D eigenvalue weighted by atomic mass is 10.0. The molecule has 10 heavy (non-hydrogen) atoms. The van der Waals surface area contributed by atoms with E-state index in [0.717, 1.165) is 5.92 Å². The van der Waals surface area contributed by atoms with Crippen molar-refractivity contribution in [1.82, 2.24) is 0 Å². The minimum absolute atomic E-state index is 0.408. The van der Waals surface area contributed by atoms with E-state index < -0.39 is 0 Å². The van der Waals surface area contributed by atoms with Gasteiger partial charge in [-0.3, -0.25) is 0 Å². The zero-order chi connectivity index (χ0) is 7.40. The van der Waals surface area contributed by atoms with Crippen LogP contribution in [-0.4, -0.2) is 17.5 Å². The average Bonchev–Trinajstić information content (AvgIpc) is 2.34. The Morgan fingerprint density at radius 2 is 2.50 bits per heavy atom. The molecule has 0 spiro atoms. The van der Waals surface area contributed by atoms with E-state index >= 15 is 0 Å². The summed E-state index contributed by atoms with van der Waals surface area (Å²) in [5.74, 6) is 3.74. The summed E-state index contributed by atoms with van der Waals surface area (Å²) in [4.78, 5) is 0. The molecule has 2 N–H and O–H groups in total. The van der Waals surface area contributed by atoms with Gasteiger partial charge in [0.25, 0.3) is 0 Å². The Bertz CT molecular complexity index is 87.3. The van der Waals surface area contributed by atoms with Gasteiger partial charge in [0, 0.05) is 6.04 Å². The van der Waals surface area contributed by atoms with Gasteiger partial charge in [-0.1, -0.05) is 0 Å². The quantitative estimate of drug-likeness (QED) is 0.680. The van der Waals surface area contributed by atoms with Gasteiger partial charge in [0.05, 0.1) is 0 Å². The number of rotatable bonds is 3. The van der Waals surface area contributed by atoms with Crippen LogP contribution < -0.4 is 5.73 Å². The van der Waals surface area contributed by atoms with Crippen molar-refractivity contribution in [2.45, 2.75) is 32.2 Å². The van der Waals surface area contributed by atoms with E-state index in [1.807, 2.05) is 0 Å². The lowest BCUT2D eigenvalue weighted by molar-refractivity contribution is 0.490. The highest BCUT2D eigenvalue weighted by molar-refractivity contribution is 7.99. The smallest absolute Gasteiger partial charge is 0.00105 e. The standard InChI is InChI=1S/C8H17NS/c1-7(9)2-3-8-4-5-10-6-8/h7-8H,2-6,9H2,1H3. The Balaban J connectivity index is 2.01. The largest absolute Gasteiger partial charge is 0.328 e. The van der Waals surface area contributed by atoms with Crippen LogP contribution in [0.4, 0.5) is 0 Å². The van der Waals surface area contributed by atoms with Gasteiger partial charge in [-0.25, -0.2) is 0 Å². The molecule has 2 atom stereocenters. The number of hydrogen-bond donors (Lipinski definition) is 1. The highest BCUT2D eigenvalue weighted by Gasteiger charge is 2.14. The molecule has 0 aliphatic carbocycles. The van der Waals surface area contributed by atoms with Crippen molar-refractivity contribution in [3.8, 4) is 0 Å². The number of thioether (sulfide) groups is 1. The molecule has 1 aliphatic heterocycles. The highest BCUT2D eigenvalue weighted by Crippen LogP contribution is 2.27. The van der Waals surface area contributed by atoms with Gasteiger partial charge in [0.15, 0.2) is 0 Å². The minimum atomic E-state index is 0.408. The Hall–Kier alpha value is 0.310. The Morgan fingerprint density at radius 1 is 1.70 bits per heavy atom. The minimum Gasteiger partial charge on any atom is -0.328 e. The Kier molecular flexibility index (Phi) is 3.57. The van der Waals surface area contributed by atoms with Gasteiger partial charge in [-0.05, 0) is 43.6 Å². The van der Waals surface area contributed by atoms with Crippen molar-refractivity contribution < 1.29 is 0 Å². The fraction of sp³-hybridized carbons (Fsp3) is 1.00. The fourth-order valence-corrected chi connectivity index (χ4v) is 2.64. The summed E-state index contributed by atoms with van der Waals surface area (Å²) < 4.78 is 0. The summed E-state index contributed by atoms with van der Waals surface area (Å²) >= 11 is 2.09. The van der Waals surface area contributed by atoms with Crippen LogP contribution in [0.3, 0.4) is 0 Å². The molecule has 60 valence electrons. The van der Waals surface area contributed by atoms with Crippen molar-refractivity contribution in [3.63, 3.8) is 0 Å². The zero-order valence-corrected chi connectivity index (χ0v) is 7.49. The van der Waals surface area contributed by atoms with Crippen LogP contribution in [0, 0.1) is 5.92 Å². The van der Waals surface area contributed by atoms with Gasteiger partial charge >= 0.3 is 0 Å². The van der Waals surface area contributed by atoms with Gasteiger partial charge in [0.2, 0.25) is 0 Å². The summed E-state index contributed by atoms with van der Waals surface area (Å²) in [5.41, 5.74) is 5.66. The third-order valence-corrected chi connectivity index (χ3v) is 3.29. The van der Waals surface area contributed by atoms with Gasteiger partial charge in [-0.2, -0.15) is 11.8 Å². The highest BCUT2D eigenvalue weighted by atomic mass is 32.2. The molecule has 0 saturated carbocycles. The first-order valence-corrected chi connectivity index (χ1v) is 5.28. The first-order valence-electron chi connectivity index (χ1n) is 4.12. The van der Waals surface area contributed by atoms with E-state index in [9.17, 15) is 0 Å². The van der Waals surface area contributed by atoms with Crippen LogP contribution >= 0.6 is 11.8 Å². The molecule has 2 heteroatoms. The molecular formula is C8H17NS. The molecule has 1 heterocycles. The molecule has 1 aliphatic rings. The molecule has 0 radical (unpaired) electrons. The summed E-state index contributed by atoms with van der Waals surface area (Å²) in [6.45, 7) is 2.10. The Labute approximate surface area is 67.8 Å². The molecule has 0 amide bonds. The molecule has 1 rings (SSSR count). The van der Waals surface area contributed by atoms with Crippen LogP contribution in [0.15, 0.2) is 0 Å². The summed E-state index contributed by atoms with van der Waals surface area (Å²) in [5, 5.41) is 0. The third-order valence-electron chi connectivity index (χ3n) is 2.05. The molecule has 0 aromatic rings. The fourth-order valence-electron chi connectivity index (χ4n) is 1.31. The topological polar surface area (TPSA) is 26.0 Å². The van der Waals surface area contributed by atoms with Crippen LogP contribution in [0.5, 0.6) is 0 Å². The van der Waals surface area contributed by atoms with Crippen molar-refractivity contribution in [2.75, 3.05) is 11.5 Å². The lowest BCUT2D eigenvalue weighted by Crippen LogP contribution is -2.16. The van der Waals surface area contributed by atoms with Crippen LogP contribution in [0.2, 0.25) is 0 Å². The van der Waals surface area contributed by atoms with Crippen molar-refractivity contribution in [1.29, 1.82) is 0 Å². The molecule has 0 bridgehead atoms. The second-order valence-corrected chi connectivity index (χ2v) is 4.43. The number of hydrogen-bond acceptors (Lipinski definition) is 2. The SMILES string of the molecule is CC(N)CCC1CCSC1. The van der Waals surface area contributed by atoms with Crippen molar-refractivity contribution in [2.24, 2.45) is 11.7 Å². The van der Waals surface area contributed by atoms with E-state index in [0.29, 0.717) is 6.04 Å². The number of nitrogens with two attached hydrogens (primary N) is 1. The molecule has 1 fully saturated rings.